The normalized spacial score (nSPS) is 10.2. The van der Waals surface area contributed by atoms with E-state index in [1.54, 1.807) is 14.2 Å². The van der Waals surface area contributed by atoms with Crippen LogP contribution in [0.2, 0.25) is 0 Å². The highest BCUT2D eigenvalue weighted by Gasteiger charge is 2.03. The molecule has 1 rings (SSSR count). The van der Waals surface area contributed by atoms with Gasteiger partial charge in [-0.05, 0) is 18.1 Å². The van der Waals surface area contributed by atoms with Crippen LogP contribution in [0.5, 0.6) is 5.75 Å². The maximum absolute atomic E-state index is 11.4. The second kappa shape index (κ2) is 9.35. The van der Waals surface area contributed by atoms with Crippen LogP contribution in [-0.4, -0.2) is 46.5 Å². The first-order valence-corrected chi connectivity index (χ1v) is 6.23. The Morgan fingerprint density at radius 1 is 1.21 bits per heavy atom. The summed E-state index contributed by atoms with van der Waals surface area (Å²) in [6.07, 6.45) is 0.730. The molecule has 0 heterocycles. The van der Waals surface area contributed by atoms with Crippen LogP contribution in [0.3, 0.4) is 0 Å². The van der Waals surface area contributed by atoms with Gasteiger partial charge in [-0.2, -0.15) is 0 Å². The largest absolute Gasteiger partial charge is 0.496 e. The van der Waals surface area contributed by atoms with Crippen LogP contribution in [0.1, 0.15) is 5.56 Å². The van der Waals surface area contributed by atoms with Gasteiger partial charge >= 0.3 is 0 Å². The molecule has 0 saturated carbocycles. The van der Waals surface area contributed by atoms with Crippen molar-refractivity contribution in [3.05, 3.63) is 29.8 Å². The summed E-state index contributed by atoms with van der Waals surface area (Å²) in [4.78, 5) is 11.4. The van der Waals surface area contributed by atoms with E-state index in [9.17, 15) is 4.79 Å². The zero-order valence-electron chi connectivity index (χ0n) is 11.5. The van der Waals surface area contributed by atoms with E-state index in [1.165, 1.54) is 0 Å². The van der Waals surface area contributed by atoms with E-state index in [-0.39, 0.29) is 12.5 Å². The lowest BCUT2D eigenvalue weighted by atomic mass is 10.1. The smallest absolute Gasteiger partial charge is 0.246 e. The fourth-order valence-corrected chi connectivity index (χ4v) is 1.60. The molecule has 106 valence electrons. The molecule has 0 bridgehead atoms. The van der Waals surface area contributed by atoms with Gasteiger partial charge < -0.3 is 19.5 Å². The maximum Gasteiger partial charge on any atom is 0.246 e. The number of hydrogen-bond acceptors (Lipinski definition) is 4. The number of carbonyl (C=O) groups is 1. The molecule has 0 saturated heterocycles. The van der Waals surface area contributed by atoms with Gasteiger partial charge in [0.05, 0.1) is 20.3 Å². The zero-order chi connectivity index (χ0) is 13.9. The third-order valence-corrected chi connectivity index (χ3v) is 2.57. The first kappa shape index (κ1) is 15.5. The van der Waals surface area contributed by atoms with E-state index in [1.807, 2.05) is 24.3 Å². The molecular formula is C14H21NO4. The van der Waals surface area contributed by atoms with Crippen molar-refractivity contribution >= 4 is 5.91 Å². The molecule has 0 atom stereocenters. The minimum atomic E-state index is -0.119. The number of hydrogen-bond donors (Lipinski definition) is 1. The van der Waals surface area contributed by atoms with Gasteiger partial charge in [0, 0.05) is 13.7 Å². The third-order valence-electron chi connectivity index (χ3n) is 2.57. The van der Waals surface area contributed by atoms with E-state index < -0.39 is 0 Å². The molecule has 0 spiro atoms. The fourth-order valence-electron chi connectivity index (χ4n) is 1.60. The van der Waals surface area contributed by atoms with Crippen LogP contribution < -0.4 is 10.1 Å². The van der Waals surface area contributed by atoms with E-state index in [0.717, 1.165) is 17.7 Å². The van der Waals surface area contributed by atoms with Gasteiger partial charge in [0.25, 0.3) is 0 Å². The highest BCUT2D eigenvalue weighted by Crippen LogP contribution is 2.17. The molecule has 5 heteroatoms. The summed E-state index contributed by atoms with van der Waals surface area (Å²) in [5.41, 5.74) is 1.07. The van der Waals surface area contributed by atoms with Crippen LogP contribution in [0.4, 0.5) is 0 Å². The Labute approximate surface area is 113 Å². The Balaban J connectivity index is 2.20. The van der Waals surface area contributed by atoms with E-state index in [2.05, 4.69) is 5.32 Å². The fraction of sp³-hybridized carbons (Fsp3) is 0.500. The number of ether oxygens (including phenoxy) is 3. The Morgan fingerprint density at radius 3 is 2.74 bits per heavy atom. The zero-order valence-corrected chi connectivity index (χ0v) is 11.5. The molecule has 1 amide bonds. The first-order chi connectivity index (χ1) is 9.27. The number of rotatable bonds is 9. The average molecular weight is 267 g/mol. The maximum atomic E-state index is 11.4. The molecule has 0 aliphatic heterocycles. The van der Waals surface area contributed by atoms with Gasteiger partial charge in [-0.1, -0.05) is 18.2 Å². The molecule has 1 aromatic rings. The Bertz CT molecular complexity index is 381. The quantitative estimate of drug-likeness (QED) is 0.679. The van der Waals surface area contributed by atoms with Crippen molar-refractivity contribution in [1.29, 1.82) is 0 Å². The van der Waals surface area contributed by atoms with Crippen molar-refractivity contribution in [1.82, 2.24) is 5.32 Å². The summed E-state index contributed by atoms with van der Waals surface area (Å²) in [5.74, 6) is 0.721. The minimum absolute atomic E-state index is 0.0648. The number of para-hydroxylation sites is 1. The summed E-state index contributed by atoms with van der Waals surface area (Å²) in [5, 5.41) is 2.80. The van der Waals surface area contributed by atoms with E-state index >= 15 is 0 Å². The predicted molar refractivity (Wildman–Crippen MR) is 72.4 cm³/mol. The number of carbonyl (C=O) groups excluding carboxylic acids is 1. The molecule has 1 aromatic carbocycles. The Morgan fingerprint density at radius 2 is 2.00 bits per heavy atom. The number of benzene rings is 1. The summed E-state index contributed by atoms with van der Waals surface area (Å²) >= 11 is 0. The monoisotopic (exact) mass is 267 g/mol. The lowest BCUT2D eigenvalue weighted by Crippen LogP contribution is -2.30. The van der Waals surface area contributed by atoms with Crippen LogP contribution >= 0.6 is 0 Å². The molecule has 1 N–H and O–H groups in total. The number of amides is 1. The average Bonchev–Trinajstić information content (AvgIpc) is 2.44. The number of methoxy groups -OCH3 is 2. The predicted octanol–water partition coefficient (Wildman–Crippen LogP) is 1.02. The van der Waals surface area contributed by atoms with Crippen LogP contribution in [0, 0.1) is 0 Å². The third kappa shape index (κ3) is 6.22. The van der Waals surface area contributed by atoms with Crippen molar-refractivity contribution in [3.63, 3.8) is 0 Å². The second-order valence-corrected chi connectivity index (χ2v) is 3.96. The Hall–Kier alpha value is -1.59. The first-order valence-electron chi connectivity index (χ1n) is 6.23. The molecule has 19 heavy (non-hydrogen) atoms. The summed E-state index contributed by atoms with van der Waals surface area (Å²) in [6.45, 7) is 1.55. The van der Waals surface area contributed by atoms with Crippen molar-refractivity contribution in [3.8, 4) is 5.75 Å². The van der Waals surface area contributed by atoms with Gasteiger partial charge in [0.15, 0.2) is 0 Å². The van der Waals surface area contributed by atoms with Gasteiger partial charge in [-0.3, -0.25) is 4.79 Å². The summed E-state index contributed by atoms with van der Waals surface area (Å²) in [6, 6.07) is 7.77. The molecule has 5 nitrogen and oxygen atoms in total. The van der Waals surface area contributed by atoms with Gasteiger partial charge in [-0.15, -0.1) is 0 Å². The van der Waals surface area contributed by atoms with E-state index in [4.69, 9.17) is 14.2 Å². The minimum Gasteiger partial charge on any atom is -0.496 e. The van der Waals surface area contributed by atoms with Crippen molar-refractivity contribution in [2.75, 3.05) is 40.6 Å². The van der Waals surface area contributed by atoms with Crippen molar-refractivity contribution in [2.45, 2.75) is 6.42 Å². The molecule has 0 aliphatic rings. The van der Waals surface area contributed by atoms with Gasteiger partial charge in [-0.25, -0.2) is 0 Å². The van der Waals surface area contributed by atoms with Gasteiger partial charge in [0.2, 0.25) is 5.91 Å². The lowest BCUT2D eigenvalue weighted by molar-refractivity contribution is -0.126. The highest BCUT2D eigenvalue weighted by molar-refractivity contribution is 5.77. The van der Waals surface area contributed by atoms with Crippen LogP contribution in [0.15, 0.2) is 24.3 Å². The standard InChI is InChI=1S/C14H21NO4/c1-17-9-10-19-11-14(16)15-8-7-12-5-3-4-6-13(12)18-2/h3-6H,7-11H2,1-2H3,(H,15,16). The lowest BCUT2D eigenvalue weighted by Gasteiger charge is -2.09. The van der Waals surface area contributed by atoms with Crippen molar-refractivity contribution < 1.29 is 19.0 Å². The molecular weight excluding hydrogens is 246 g/mol. The molecule has 0 aliphatic carbocycles. The summed E-state index contributed by atoms with van der Waals surface area (Å²) < 4.78 is 15.2. The second-order valence-electron chi connectivity index (χ2n) is 3.96. The topological polar surface area (TPSA) is 56.8 Å². The van der Waals surface area contributed by atoms with E-state index in [0.29, 0.717) is 19.8 Å². The number of nitrogens with one attached hydrogen (secondary N) is 1. The van der Waals surface area contributed by atoms with Crippen molar-refractivity contribution in [2.24, 2.45) is 0 Å². The Kier molecular flexibility index (Phi) is 7.62. The summed E-state index contributed by atoms with van der Waals surface area (Å²) in [7, 11) is 3.23. The molecule has 0 radical (unpaired) electrons. The molecule has 0 unspecified atom stereocenters. The highest BCUT2D eigenvalue weighted by atomic mass is 16.5. The van der Waals surface area contributed by atoms with Crippen LogP contribution in [-0.2, 0) is 20.7 Å². The SMILES string of the molecule is COCCOCC(=O)NCCc1ccccc1OC. The van der Waals surface area contributed by atoms with Crippen LogP contribution in [0.25, 0.3) is 0 Å². The molecule has 0 aromatic heterocycles. The van der Waals surface area contributed by atoms with Gasteiger partial charge in [0.1, 0.15) is 12.4 Å². The molecule has 0 fully saturated rings.